The van der Waals surface area contributed by atoms with E-state index >= 15 is 0 Å². The van der Waals surface area contributed by atoms with Gasteiger partial charge in [0.15, 0.2) is 5.92 Å². The van der Waals surface area contributed by atoms with Crippen LogP contribution in [0.25, 0.3) is 0 Å². The zero-order valence-corrected chi connectivity index (χ0v) is 16.8. The van der Waals surface area contributed by atoms with Gasteiger partial charge in [0.1, 0.15) is 0 Å². The van der Waals surface area contributed by atoms with Crippen molar-refractivity contribution in [3.63, 3.8) is 0 Å². The number of cyclic esters (lactones) is 1. The lowest BCUT2D eigenvalue weighted by molar-refractivity contribution is -0.154. The molecule has 3 fully saturated rings. The van der Waals surface area contributed by atoms with Crippen LogP contribution >= 0.6 is 0 Å². The second-order valence-corrected chi connectivity index (χ2v) is 7.88. The second-order valence-electron chi connectivity index (χ2n) is 7.88. The first kappa shape index (κ1) is 22.5. The maximum atomic E-state index is 10.8. The van der Waals surface area contributed by atoms with Crippen LogP contribution in [0.1, 0.15) is 65.7 Å². The maximum Gasteiger partial charge on any atom is 0.320 e. The van der Waals surface area contributed by atoms with Gasteiger partial charge >= 0.3 is 17.9 Å². The number of carbonyl (C=O) groups excluding carboxylic acids is 3. The highest BCUT2D eigenvalue weighted by Crippen LogP contribution is 2.43. The van der Waals surface area contributed by atoms with Crippen molar-refractivity contribution in [2.45, 2.75) is 65.7 Å². The number of carbonyl (C=O) groups is 3. The molecular formula is C20H34O6. The monoisotopic (exact) mass is 370 g/mol. The molecule has 1 atom stereocenters. The summed E-state index contributed by atoms with van der Waals surface area (Å²) in [6, 6.07) is 0. The number of esters is 3. The zero-order valence-electron chi connectivity index (χ0n) is 16.8. The highest BCUT2D eigenvalue weighted by molar-refractivity contribution is 5.95. The predicted molar refractivity (Wildman–Crippen MR) is 97.2 cm³/mol. The van der Waals surface area contributed by atoms with Crippen molar-refractivity contribution < 1.29 is 28.6 Å². The second kappa shape index (κ2) is 10.5. The Morgan fingerprint density at radius 3 is 1.81 bits per heavy atom. The molecule has 150 valence electrons. The number of ether oxygens (including phenoxy) is 3. The summed E-state index contributed by atoms with van der Waals surface area (Å²) in [5.41, 5.74) is -0.311. The van der Waals surface area contributed by atoms with Crippen LogP contribution in [0, 0.1) is 23.2 Å². The molecule has 2 aliphatic carbocycles. The third-order valence-corrected chi connectivity index (χ3v) is 5.68. The molecule has 6 heteroatoms. The highest BCUT2D eigenvalue weighted by atomic mass is 16.6. The normalized spacial score (nSPS) is 26.0. The fraction of sp³-hybridized carbons (Fsp3) is 0.850. The Bertz CT molecular complexity index is 467. The minimum absolute atomic E-state index is 0.134. The molecule has 1 unspecified atom stereocenters. The molecule has 0 aromatic rings. The summed E-state index contributed by atoms with van der Waals surface area (Å²) < 4.78 is 13.5. The van der Waals surface area contributed by atoms with Crippen LogP contribution in [0.2, 0.25) is 0 Å². The standard InChI is InChI=1S/C7H14O2.C7H12.C6H8O4/c1-5-7(2,3)6(8)9-4;1-2-7-4-3-6(1)5-7;1-9-5(7)4-2-3-10-6(4)8/h5H2,1-4H3;6-7H,1-5H2;4H,2-3H2,1H3. The molecule has 0 amide bonds. The van der Waals surface area contributed by atoms with E-state index in [1.807, 2.05) is 20.8 Å². The lowest BCUT2D eigenvalue weighted by Crippen LogP contribution is -2.24. The van der Waals surface area contributed by atoms with Crippen molar-refractivity contribution in [1.82, 2.24) is 0 Å². The number of methoxy groups -OCH3 is 2. The zero-order chi connectivity index (χ0) is 19.7. The summed E-state index contributed by atoms with van der Waals surface area (Å²) in [7, 11) is 2.67. The number of rotatable bonds is 3. The van der Waals surface area contributed by atoms with Gasteiger partial charge in [-0.15, -0.1) is 0 Å². The van der Waals surface area contributed by atoms with Crippen LogP contribution in [-0.2, 0) is 28.6 Å². The Balaban J connectivity index is 0.000000197. The van der Waals surface area contributed by atoms with Crippen LogP contribution in [0.4, 0.5) is 0 Å². The van der Waals surface area contributed by atoms with Crippen molar-refractivity contribution in [1.29, 1.82) is 0 Å². The van der Waals surface area contributed by atoms with Crippen molar-refractivity contribution in [2.24, 2.45) is 23.2 Å². The van der Waals surface area contributed by atoms with E-state index in [0.717, 1.165) is 6.42 Å². The third kappa shape index (κ3) is 6.61. The number of fused-ring (bicyclic) bond motifs is 2. The lowest BCUT2D eigenvalue weighted by Gasteiger charge is -2.17. The summed E-state index contributed by atoms with van der Waals surface area (Å²) in [4.78, 5) is 32.2. The quantitative estimate of drug-likeness (QED) is 0.430. The molecule has 1 heterocycles. The number of hydrogen-bond donors (Lipinski definition) is 0. The summed E-state index contributed by atoms with van der Waals surface area (Å²) in [6.45, 7) is 6.05. The minimum Gasteiger partial charge on any atom is -0.469 e. The summed E-state index contributed by atoms with van der Waals surface area (Å²) in [6.07, 6.45) is 9.09. The van der Waals surface area contributed by atoms with Gasteiger partial charge in [-0.3, -0.25) is 14.4 Å². The van der Waals surface area contributed by atoms with Crippen LogP contribution in [-0.4, -0.2) is 38.7 Å². The first-order valence-electron chi connectivity index (χ1n) is 9.58. The van der Waals surface area contributed by atoms with Crippen LogP contribution in [0.5, 0.6) is 0 Å². The van der Waals surface area contributed by atoms with Gasteiger partial charge in [0.05, 0.1) is 26.2 Å². The first-order chi connectivity index (χ1) is 12.2. The Kier molecular flexibility index (Phi) is 9.09. The van der Waals surface area contributed by atoms with E-state index in [4.69, 9.17) is 0 Å². The van der Waals surface area contributed by atoms with Crippen LogP contribution < -0.4 is 0 Å². The molecule has 0 aromatic heterocycles. The van der Waals surface area contributed by atoms with Crippen molar-refractivity contribution in [3.05, 3.63) is 0 Å². The topological polar surface area (TPSA) is 78.9 Å². The van der Waals surface area contributed by atoms with E-state index in [1.54, 1.807) is 32.1 Å². The van der Waals surface area contributed by atoms with E-state index in [0.29, 0.717) is 13.0 Å². The Hall–Kier alpha value is -1.59. The average Bonchev–Trinajstić information content (AvgIpc) is 3.39. The van der Waals surface area contributed by atoms with E-state index in [9.17, 15) is 14.4 Å². The smallest absolute Gasteiger partial charge is 0.320 e. The average molecular weight is 370 g/mol. The van der Waals surface area contributed by atoms with Gasteiger partial charge in [0.2, 0.25) is 0 Å². The minimum atomic E-state index is -0.676. The van der Waals surface area contributed by atoms with Gasteiger partial charge in [-0.1, -0.05) is 32.6 Å². The van der Waals surface area contributed by atoms with E-state index in [1.165, 1.54) is 26.1 Å². The third-order valence-electron chi connectivity index (χ3n) is 5.68. The van der Waals surface area contributed by atoms with Crippen LogP contribution in [0.15, 0.2) is 0 Å². The van der Waals surface area contributed by atoms with Gasteiger partial charge in [-0.05, 0) is 38.5 Å². The molecule has 0 spiro atoms. The maximum absolute atomic E-state index is 10.8. The van der Waals surface area contributed by atoms with Gasteiger partial charge < -0.3 is 14.2 Å². The van der Waals surface area contributed by atoms with Crippen LogP contribution in [0.3, 0.4) is 0 Å². The largest absolute Gasteiger partial charge is 0.469 e. The fourth-order valence-corrected chi connectivity index (χ4v) is 3.45. The summed E-state index contributed by atoms with van der Waals surface area (Å²) >= 11 is 0. The fourth-order valence-electron chi connectivity index (χ4n) is 3.45. The molecule has 1 aliphatic heterocycles. The van der Waals surface area contributed by atoms with Crippen molar-refractivity contribution in [2.75, 3.05) is 20.8 Å². The molecule has 1 saturated heterocycles. The lowest BCUT2D eigenvalue weighted by atomic mass is 9.91. The van der Waals surface area contributed by atoms with Gasteiger partial charge in [-0.2, -0.15) is 0 Å². The molecule has 0 N–H and O–H groups in total. The Morgan fingerprint density at radius 2 is 1.58 bits per heavy atom. The Morgan fingerprint density at radius 1 is 1.04 bits per heavy atom. The van der Waals surface area contributed by atoms with Crippen molar-refractivity contribution >= 4 is 17.9 Å². The first-order valence-corrected chi connectivity index (χ1v) is 9.58. The predicted octanol–water partition coefficient (Wildman–Crippen LogP) is 3.51. The molecule has 2 bridgehead atoms. The molecule has 6 nitrogen and oxygen atoms in total. The molecule has 3 rings (SSSR count). The molecular weight excluding hydrogens is 336 g/mol. The van der Waals surface area contributed by atoms with E-state index < -0.39 is 17.9 Å². The highest BCUT2D eigenvalue weighted by Gasteiger charge is 2.34. The summed E-state index contributed by atoms with van der Waals surface area (Å²) in [5, 5.41) is 0. The van der Waals surface area contributed by atoms with Gasteiger partial charge in [0.25, 0.3) is 0 Å². The SMILES string of the molecule is C1CC2CCC1C2.CCC(C)(C)C(=O)OC.COC(=O)C1CCOC1=O. The molecule has 26 heavy (non-hydrogen) atoms. The van der Waals surface area contributed by atoms with Gasteiger partial charge in [-0.25, -0.2) is 0 Å². The molecule has 0 radical (unpaired) electrons. The van der Waals surface area contributed by atoms with E-state index in [2.05, 4.69) is 14.2 Å². The molecule has 3 aliphatic rings. The Labute approximate surface area is 156 Å². The van der Waals surface area contributed by atoms with Crippen molar-refractivity contribution in [3.8, 4) is 0 Å². The molecule has 2 saturated carbocycles. The molecule has 0 aromatic carbocycles. The van der Waals surface area contributed by atoms with Gasteiger partial charge in [0, 0.05) is 6.42 Å². The van der Waals surface area contributed by atoms with E-state index in [-0.39, 0.29) is 11.4 Å². The number of hydrogen-bond acceptors (Lipinski definition) is 6. The summed E-state index contributed by atoms with van der Waals surface area (Å²) in [5.74, 6) is 0.569.